The largest absolute Gasteiger partial charge is 0.379 e. The molecule has 1 aromatic heterocycles. The molecule has 0 radical (unpaired) electrons. The molecular weight excluding hydrogens is 220 g/mol. The molecule has 88 valence electrons. The summed E-state index contributed by atoms with van der Waals surface area (Å²) in [7, 11) is 1.64. The third-order valence-electron chi connectivity index (χ3n) is 2.44. The first kappa shape index (κ1) is 11.1. The third-order valence-corrected chi connectivity index (χ3v) is 2.44. The van der Waals surface area contributed by atoms with Crippen molar-refractivity contribution in [2.45, 2.75) is 6.92 Å². The monoisotopic (exact) mass is 232 g/mol. The molecule has 0 fully saturated rings. The molecule has 6 heteroatoms. The van der Waals surface area contributed by atoms with E-state index in [2.05, 4.69) is 14.9 Å². The molecular formula is C11H12N4O2. The molecule has 0 spiro atoms. The summed E-state index contributed by atoms with van der Waals surface area (Å²) in [5.74, 6) is -0.360. The van der Waals surface area contributed by atoms with Crippen molar-refractivity contribution >= 4 is 17.4 Å². The van der Waals surface area contributed by atoms with E-state index in [4.69, 9.17) is 5.73 Å². The molecule has 2 N–H and O–H groups in total. The molecule has 0 aliphatic rings. The Kier molecular flexibility index (Phi) is 2.78. The molecule has 0 saturated carbocycles. The standard InChI is InChI=1S/C11H12N4O2/c1-7-3-5-8(6-4-7)15(2)11(16)9-10(12)14-17-13-9/h3-6H,1-2H3,(H2,12,14). The number of nitrogens with zero attached hydrogens (tertiary/aromatic N) is 3. The molecule has 2 rings (SSSR count). The van der Waals surface area contributed by atoms with Crippen LogP contribution in [0, 0.1) is 6.92 Å². The maximum Gasteiger partial charge on any atom is 0.284 e. The predicted molar refractivity (Wildman–Crippen MR) is 62.6 cm³/mol. The molecule has 0 atom stereocenters. The fraction of sp³-hybridized carbons (Fsp3) is 0.182. The quantitative estimate of drug-likeness (QED) is 0.841. The van der Waals surface area contributed by atoms with Crippen LogP contribution in [0.4, 0.5) is 11.5 Å². The summed E-state index contributed by atoms with van der Waals surface area (Å²) in [6.07, 6.45) is 0. The Morgan fingerprint density at radius 3 is 2.47 bits per heavy atom. The molecule has 2 aromatic rings. The van der Waals surface area contributed by atoms with Gasteiger partial charge in [0.25, 0.3) is 5.91 Å². The van der Waals surface area contributed by atoms with E-state index in [0.717, 1.165) is 11.3 Å². The normalized spacial score (nSPS) is 10.2. The fourth-order valence-electron chi connectivity index (χ4n) is 1.39. The second-order valence-electron chi connectivity index (χ2n) is 3.70. The topological polar surface area (TPSA) is 85.2 Å². The summed E-state index contributed by atoms with van der Waals surface area (Å²) in [4.78, 5) is 13.4. The minimum atomic E-state index is -0.354. The lowest BCUT2D eigenvalue weighted by atomic mass is 10.2. The molecule has 0 aliphatic heterocycles. The number of rotatable bonds is 2. The smallest absolute Gasteiger partial charge is 0.284 e. The summed E-state index contributed by atoms with van der Waals surface area (Å²) in [5.41, 5.74) is 7.36. The molecule has 1 amide bonds. The van der Waals surface area contributed by atoms with Gasteiger partial charge in [0, 0.05) is 12.7 Å². The first-order valence-electron chi connectivity index (χ1n) is 5.02. The molecule has 0 saturated heterocycles. The summed E-state index contributed by atoms with van der Waals surface area (Å²) in [6.45, 7) is 1.98. The summed E-state index contributed by atoms with van der Waals surface area (Å²) in [5, 5.41) is 6.85. The lowest BCUT2D eigenvalue weighted by molar-refractivity contribution is 0.0984. The average Bonchev–Trinajstić information content (AvgIpc) is 2.74. The van der Waals surface area contributed by atoms with Gasteiger partial charge < -0.3 is 10.6 Å². The van der Waals surface area contributed by atoms with Crippen LogP contribution in [0.1, 0.15) is 16.1 Å². The van der Waals surface area contributed by atoms with E-state index in [1.54, 1.807) is 7.05 Å². The van der Waals surface area contributed by atoms with Crippen molar-refractivity contribution in [2.24, 2.45) is 0 Å². The molecule has 0 bridgehead atoms. The van der Waals surface area contributed by atoms with E-state index in [0.29, 0.717) is 0 Å². The van der Waals surface area contributed by atoms with Crippen molar-refractivity contribution < 1.29 is 9.42 Å². The van der Waals surface area contributed by atoms with Gasteiger partial charge in [-0.1, -0.05) is 17.7 Å². The Bertz CT molecular complexity index is 533. The van der Waals surface area contributed by atoms with Gasteiger partial charge in [-0.2, -0.15) is 0 Å². The Labute approximate surface area is 98.0 Å². The number of anilines is 2. The first-order valence-corrected chi connectivity index (χ1v) is 5.02. The summed E-state index contributed by atoms with van der Waals surface area (Å²) < 4.78 is 4.40. The molecule has 6 nitrogen and oxygen atoms in total. The lowest BCUT2D eigenvalue weighted by Gasteiger charge is -2.15. The number of benzene rings is 1. The van der Waals surface area contributed by atoms with Gasteiger partial charge in [-0.3, -0.25) is 4.79 Å². The molecule has 1 heterocycles. The van der Waals surface area contributed by atoms with E-state index in [9.17, 15) is 4.79 Å². The highest BCUT2D eigenvalue weighted by Gasteiger charge is 2.20. The Morgan fingerprint density at radius 2 is 1.94 bits per heavy atom. The average molecular weight is 232 g/mol. The molecule has 17 heavy (non-hydrogen) atoms. The van der Waals surface area contributed by atoms with Crippen LogP contribution in [-0.4, -0.2) is 23.3 Å². The number of carbonyl (C=O) groups excluding carboxylic acids is 1. The highest BCUT2D eigenvalue weighted by molar-refractivity contribution is 6.06. The zero-order chi connectivity index (χ0) is 12.4. The van der Waals surface area contributed by atoms with Crippen LogP contribution in [0.2, 0.25) is 0 Å². The van der Waals surface area contributed by atoms with Crippen molar-refractivity contribution in [3.8, 4) is 0 Å². The van der Waals surface area contributed by atoms with Crippen molar-refractivity contribution in [1.82, 2.24) is 10.3 Å². The number of hydrogen-bond donors (Lipinski definition) is 1. The van der Waals surface area contributed by atoms with Gasteiger partial charge in [-0.05, 0) is 29.4 Å². The van der Waals surface area contributed by atoms with Gasteiger partial charge in [-0.15, -0.1) is 0 Å². The van der Waals surface area contributed by atoms with E-state index in [-0.39, 0.29) is 17.4 Å². The molecule has 1 aromatic carbocycles. The van der Waals surface area contributed by atoms with Gasteiger partial charge >= 0.3 is 0 Å². The number of nitrogen functional groups attached to an aromatic ring is 1. The molecule has 0 unspecified atom stereocenters. The van der Waals surface area contributed by atoms with Gasteiger partial charge in [0.05, 0.1) is 0 Å². The van der Waals surface area contributed by atoms with Crippen molar-refractivity contribution in [3.63, 3.8) is 0 Å². The van der Waals surface area contributed by atoms with Crippen LogP contribution >= 0.6 is 0 Å². The van der Waals surface area contributed by atoms with Gasteiger partial charge in [0.1, 0.15) is 0 Å². The number of aryl methyl sites for hydroxylation is 1. The first-order chi connectivity index (χ1) is 8.09. The van der Waals surface area contributed by atoms with Crippen LogP contribution in [-0.2, 0) is 0 Å². The fourth-order valence-corrected chi connectivity index (χ4v) is 1.39. The number of carbonyl (C=O) groups is 1. The van der Waals surface area contributed by atoms with E-state index >= 15 is 0 Å². The number of nitrogens with two attached hydrogens (primary N) is 1. The van der Waals surface area contributed by atoms with Crippen molar-refractivity contribution in [2.75, 3.05) is 17.7 Å². The van der Waals surface area contributed by atoms with E-state index in [1.807, 2.05) is 31.2 Å². The van der Waals surface area contributed by atoms with Gasteiger partial charge in [0.2, 0.25) is 11.5 Å². The Balaban J connectivity index is 2.26. The third kappa shape index (κ3) is 2.10. The minimum absolute atomic E-state index is 0.00559. The number of hydrogen-bond acceptors (Lipinski definition) is 5. The van der Waals surface area contributed by atoms with Crippen molar-refractivity contribution in [3.05, 3.63) is 35.5 Å². The second kappa shape index (κ2) is 4.25. The Morgan fingerprint density at radius 1 is 1.29 bits per heavy atom. The SMILES string of the molecule is Cc1ccc(N(C)C(=O)c2nonc2N)cc1. The maximum atomic E-state index is 12.0. The van der Waals surface area contributed by atoms with E-state index in [1.165, 1.54) is 4.90 Å². The van der Waals surface area contributed by atoms with Crippen LogP contribution in [0.3, 0.4) is 0 Å². The highest BCUT2D eigenvalue weighted by Crippen LogP contribution is 2.17. The summed E-state index contributed by atoms with van der Waals surface area (Å²) in [6, 6.07) is 7.53. The van der Waals surface area contributed by atoms with Gasteiger partial charge in [-0.25, -0.2) is 4.63 Å². The highest BCUT2D eigenvalue weighted by atomic mass is 16.6. The zero-order valence-electron chi connectivity index (χ0n) is 9.54. The Hall–Kier alpha value is -2.37. The number of amides is 1. The lowest BCUT2D eigenvalue weighted by Crippen LogP contribution is -2.27. The van der Waals surface area contributed by atoms with Crippen molar-refractivity contribution in [1.29, 1.82) is 0 Å². The number of aromatic nitrogens is 2. The van der Waals surface area contributed by atoms with Crippen LogP contribution < -0.4 is 10.6 Å². The van der Waals surface area contributed by atoms with Crippen LogP contribution in [0.5, 0.6) is 0 Å². The predicted octanol–water partition coefficient (Wildman–Crippen LogP) is 1.24. The van der Waals surface area contributed by atoms with Crippen LogP contribution in [0.25, 0.3) is 0 Å². The summed E-state index contributed by atoms with van der Waals surface area (Å²) >= 11 is 0. The van der Waals surface area contributed by atoms with E-state index < -0.39 is 0 Å². The molecule has 0 aliphatic carbocycles. The maximum absolute atomic E-state index is 12.0. The zero-order valence-corrected chi connectivity index (χ0v) is 9.54. The minimum Gasteiger partial charge on any atom is -0.379 e. The van der Waals surface area contributed by atoms with Crippen LogP contribution in [0.15, 0.2) is 28.9 Å². The van der Waals surface area contributed by atoms with Gasteiger partial charge in [0.15, 0.2) is 0 Å². The second-order valence-corrected chi connectivity index (χ2v) is 3.70.